The molecule has 6 nitrogen and oxygen atoms in total. The monoisotopic (exact) mass is 488 g/mol. The maximum Gasteiger partial charge on any atom is 0.339 e. The number of fused-ring (bicyclic) bond motifs is 4. The number of nitrogens with zero attached hydrogens (tertiary/aromatic N) is 2. The minimum atomic E-state index is -0.265. The van der Waals surface area contributed by atoms with E-state index in [0.717, 1.165) is 55.3 Å². The Bertz CT molecular complexity index is 1080. The van der Waals surface area contributed by atoms with Crippen molar-refractivity contribution in [2.24, 2.45) is 5.92 Å². The first-order valence-electron chi connectivity index (χ1n) is 13.0. The smallest absolute Gasteiger partial charge is 0.339 e. The molecule has 2 fully saturated rings. The number of aromatic hydroxyl groups is 1. The Balaban J connectivity index is 1.49. The second kappa shape index (κ2) is 10.6. The SMILES string of the molecule is COCCN(Cc1c(O)c(Cl)cc2c3c(c(=O)oc12)CCCC3)CC1CCCN2CCCCC12. The lowest BCUT2D eigenvalue weighted by Crippen LogP contribution is -2.51. The number of piperidine rings is 2. The van der Waals surface area contributed by atoms with E-state index in [1.165, 1.54) is 45.2 Å². The predicted molar refractivity (Wildman–Crippen MR) is 135 cm³/mol. The van der Waals surface area contributed by atoms with Crippen molar-refractivity contribution in [2.45, 2.75) is 70.4 Å². The first kappa shape index (κ1) is 24.1. The summed E-state index contributed by atoms with van der Waals surface area (Å²) in [6.07, 6.45) is 10.0. The summed E-state index contributed by atoms with van der Waals surface area (Å²) in [7, 11) is 1.72. The van der Waals surface area contributed by atoms with E-state index in [1.807, 2.05) is 0 Å². The van der Waals surface area contributed by atoms with Gasteiger partial charge in [0.25, 0.3) is 0 Å². The summed E-state index contributed by atoms with van der Waals surface area (Å²) in [6, 6.07) is 2.42. The molecule has 1 N–H and O–H groups in total. The van der Waals surface area contributed by atoms with Crippen LogP contribution in [0, 0.1) is 5.92 Å². The standard InChI is InChI=1S/C27H37ClN2O4/c1-33-14-13-29(16-18-7-6-12-30-11-5-4-10-24(18)30)17-22-25(31)23(28)15-21-19-8-2-3-9-20(19)27(32)34-26(21)22/h15,18,24,31H,2-14,16-17H2,1H3. The maximum absolute atomic E-state index is 12.8. The third-order valence-electron chi connectivity index (χ3n) is 8.25. The molecule has 2 atom stereocenters. The van der Waals surface area contributed by atoms with Crippen LogP contribution >= 0.6 is 11.6 Å². The molecule has 3 heterocycles. The molecule has 0 saturated carbocycles. The van der Waals surface area contributed by atoms with Crippen molar-refractivity contribution >= 4 is 22.6 Å². The zero-order valence-electron chi connectivity index (χ0n) is 20.3. The molecule has 2 aliphatic heterocycles. The molecule has 2 aromatic rings. The van der Waals surface area contributed by atoms with Gasteiger partial charge in [-0.3, -0.25) is 4.90 Å². The van der Waals surface area contributed by atoms with Gasteiger partial charge in [0, 0.05) is 43.7 Å². The zero-order valence-corrected chi connectivity index (χ0v) is 21.0. The second-order valence-electron chi connectivity index (χ2n) is 10.3. The first-order valence-corrected chi connectivity index (χ1v) is 13.4. The quantitative estimate of drug-likeness (QED) is 0.568. The van der Waals surface area contributed by atoms with Gasteiger partial charge in [-0.15, -0.1) is 0 Å². The van der Waals surface area contributed by atoms with Gasteiger partial charge in [-0.1, -0.05) is 18.0 Å². The Morgan fingerprint density at radius 3 is 2.76 bits per heavy atom. The van der Waals surface area contributed by atoms with Crippen LogP contribution in [0.2, 0.25) is 5.02 Å². The van der Waals surface area contributed by atoms with Gasteiger partial charge >= 0.3 is 5.63 Å². The Morgan fingerprint density at radius 2 is 1.94 bits per heavy atom. The molecule has 1 aliphatic carbocycles. The highest BCUT2D eigenvalue weighted by Crippen LogP contribution is 2.39. The molecule has 0 amide bonds. The predicted octanol–water partition coefficient (Wildman–Crippen LogP) is 4.74. The van der Waals surface area contributed by atoms with Crippen molar-refractivity contribution in [3.63, 3.8) is 0 Å². The lowest BCUT2D eigenvalue weighted by molar-refractivity contribution is 0.0335. The minimum absolute atomic E-state index is 0.0263. The molecular formula is C27H37ClN2O4. The molecule has 3 aliphatic rings. The average molecular weight is 489 g/mol. The Morgan fingerprint density at radius 1 is 1.15 bits per heavy atom. The van der Waals surface area contributed by atoms with Crippen molar-refractivity contribution < 1.29 is 14.3 Å². The Hall–Kier alpha value is -1.60. The number of hydrogen-bond acceptors (Lipinski definition) is 6. The molecule has 5 rings (SSSR count). The summed E-state index contributed by atoms with van der Waals surface area (Å²) in [5.41, 5.74) is 2.69. The fourth-order valence-electron chi connectivity index (χ4n) is 6.55. The molecule has 0 bridgehead atoms. The summed E-state index contributed by atoms with van der Waals surface area (Å²) >= 11 is 6.53. The van der Waals surface area contributed by atoms with E-state index in [1.54, 1.807) is 13.2 Å². The fourth-order valence-corrected chi connectivity index (χ4v) is 6.77. The molecule has 2 unspecified atom stereocenters. The number of phenolic OH excluding ortho intramolecular Hbond substituents is 1. The highest BCUT2D eigenvalue weighted by Gasteiger charge is 2.34. The normalized spacial score (nSPS) is 23.3. The third-order valence-corrected chi connectivity index (χ3v) is 8.54. The number of ether oxygens (including phenoxy) is 1. The molecule has 1 aromatic carbocycles. The van der Waals surface area contributed by atoms with Crippen LogP contribution in [0.25, 0.3) is 11.0 Å². The van der Waals surface area contributed by atoms with Gasteiger partial charge < -0.3 is 19.2 Å². The number of methoxy groups -OCH3 is 1. The summed E-state index contributed by atoms with van der Waals surface area (Å²) < 4.78 is 11.3. The lowest BCUT2D eigenvalue weighted by atomic mass is 9.83. The topological polar surface area (TPSA) is 66.2 Å². The van der Waals surface area contributed by atoms with Gasteiger partial charge in [-0.05, 0) is 82.0 Å². The van der Waals surface area contributed by atoms with Crippen LogP contribution in [0.4, 0.5) is 0 Å². The van der Waals surface area contributed by atoms with Crippen LogP contribution in [0.3, 0.4) is 0 Å². The highest BCUT2D eigenvalue weighted by molar-refractivity contribution is 6.33. The summed E-state index contributed by atoms with van der Waals surface area (Å²) in [5, 5.41) is 12.2. The van der Waals surface area contributed by atoms with Crippen molar-refractivity contribution in [3.8, 4) is 5.75 Å². The van der Waals surface area contributed by atoms with Crippen LogP contribution in [0.1, 0.15) is 61.6 Å². The van der Waals surface area contributed by atoms with Crippen molar-refractivity contribution in [1.29, 1.82) is 0 Å². The maximum atomic E-state index is 12.8. The summed E-state index contributed by atoms with van der Waals surface area (Å²) in [5.74, 6) is 0.622. The number of benzene rings is 1. The van der Waals surface area contributed by atoms with Crippen molar-refractivity contribution in [2.75, 3.05) is 39.9 Å². The number of hydrogen-bond donors (Lipinski definition) is 1. The molecular weight excluding hydrogens is 452 g/mol. The second-order valence-corrected chi connectivity index (χ2v) is 10.8. The van der Waals surface area contributed by atoms with Gasteiger partial charge in [0.15, 0.2) is 0 Å². The van der Waals surface area contributed by atoms with Gasteiger partial charge in [0.05, 0.1) is 17.2 Å². The number of aryl methyl sites for hydroxylation is 1. The van der Waals surface area contributed by atoms with Crippen molar-refractivity contribution in [1.82, 2.24) is 9.80 Å². The number of halogens is 1. The third kappa shape index (κ3) is 4.75. The van der Waals surface area contributed by atoms with E-state index < -0.39 is 0 Å². The highest BCUT2D eigenvalue weighted by atomic mass is 35.5. The van der Waals surface area contributed by atoms with Gasteiger partial charge in [0.2, 0.25) is 0 Å². The Labute approximate surface area is 206 Å². The molecule has 34 heavy (non-hydrogen) atoms. The van der Waals surface area contributed by atoms with Crippen LogP contribution in [0.15, 0.2) is 15.3 Å². The van der Waals surface area contributed by atoms with E-state index in [2.05, 4.69) is 9.80 Å². The van der Waals surface area contributed by atoms with Gasteiger partial charge in [0.1, 0.15) is 11.3 Å². The molecule has 0 spiro atoms. The van der Waals surface area contributed by atoms with Crippen LogP contribution in [-0.4, -0.2) is 60.8 Å². The largest absolute Gasteiger partial charge is 0.506 e. The summed E-state index contributed by atoms with van der Waals surface area (Å²) in [4.78, 5) is 17.9. The minimum Gasteiger partial charge on any atom is -0.506 e. The molecule has 0 radical (unpaired) electrons. The van der Waals surface area contributed by atoms with Crippen LogP contribution < -0.4 is 5.63 Å². The Kier molecular flexibility index (Phi) is 7.49. The molecule has 2 saturated heterocycles. The molecule has 1 aromatic heterocycles. The number of phenols is 1. The van der Waals surface area contributed by atoms with Gasteiger partial charge in [-0.25, -0.2) is 4.79 Å². The molecule has 7 heteroatoms. The van der Waals surface area contributed by atoms with Crippen molar-refractivity contribution in [3.05, 3.63) is 38.2 Å². The first-order chi connectivity index (χ1) is 16.6. The van der Waals surface area contributed by atoms with E-state index in [9.17, 15) is 9.90 Å². The van der Waals surface area contributed by atoms with Gasteiger partial charge in [-0.2, -0.15) is 0 Å². The van der Waals surface area contributed by atoms with E-state index in [-0.39, 0.29) is 11.4 Å². The zero-order chi connectivity index (χ0) is 23.7. The van der Waals surface area contributed by atoms with E-state index in [0.29, 0.717) is 41.3 Å². The molecule has 186 valence electrons. The number of rotatable bonds is 7. The van der Waals surface area contributed by atoms with Crippen LogP contribution in [0.5, 0.6) is 5.75 Å². The van der Waals surface area contributed by atoms with Crippen LogP contribution in [-0.2, 0) is 24.1 Å². The lowest BCUT2D eigenvalue weighted by Gasteiger charge is -2.45. The average Bonchev–Trinajstić information content (AvgIpc) is 2.86. The summed E-state index contributed by atoms with van der Waals surface area (Å²) in [6.45, 7) is 5.22. The fraction of sp³-hybridized carbons (Fsp3) is 0.667. The van der Waals surface area contributed by atoms with E-state index >= 15 is 0 Å². The van der Waals surface area contributed by atoms with E-state index in [4.69, 9.17) is 20.8 Å².